The Kier molecular flexibility index (Phi) is 3.42. The van der Waals surface area contributed by atoms with Gasteiger partial charge in [-0.2, -0.15) is 0 Å². The van der Waals surface area contributed by atoms with Crippen LogP contribution in [0.3, 0.4) is 0 Å². The van der Waals surface area contributed by atoms with E-state index in [1.165, 1.54) is 27.7 Å². The molecule has 20 heavy (non-hydrogen) atoms. The largest absolute Gasteiger partial charge is 0.344 e. The summed E-state index contributed by atoms with van der Waals surface area (Å²) in [5.41, 5.74) is 3.89. The van der Waals surface area contributed by atoms with Gasteiger partial charge in [0.25, 0.3) is 0 Å². The molecule has 0 amide bonds. The number of hydrogen-bond donors (Lipinski definition) is 0. The first-order valence-corrected chi connectivity index (χ1v) is 7.10. The van der Waals surface area contributed by atoms with Gasteiger partial charge in [-0.3, -0.25) is 0 Å². The SMILES string of the molecule is CCc1ccccc1N(C)c1ccc2ccccc2c1. The molecule has 3 rings (SSSR count). The van der Waals surface area contributed by atoms with Crippen molar-refractivity contribution in [2.45, 2.75) is 13.3 Å². The molecule has 0 bridgehead atoms. The lowest BCUT2D eigenvalue weighted by molar-refractivity contribution is 1.09. The molecule has 0 saturated carbocycles. The van der Waals surface area contributed by atoms with Crippen molar-refractivity contribution in [1.82, 2.24) is 0 Å². The number of anilines is 2. The van der Waals surface area contributed by atoms with Gasteiger partial charge < -0.3 is 4.90 Å². The molecule has 0 saturated heterocycles. The van der Waals surface area contributed by atoms with Gasteiger partial charge in [0.2, 0.25) is 0 Å². The van der Waals surface area contributed by atoms with E-state index in [0.717, 1.165) is 6.42 Å². The van der Waals surface area contributed by atoms with E-state index in [2.05, 4.69) is 85.6 Å². The number of rotatable bonds is 3. The molecule has 1 nitrogen and oxygen atoms in total. The highest BCUT2D eigenvalue weighted by Crippen LogP contribution is 2.29. The Hall–Kier alpha value is -2.28. The zero-order valence-corrected chi connectivity index (χ0v) is 12.0. The molecule has 0 heterocycles. The summed E-state index contributed by atoms with van der Waals surface area (Å²) >= 11 is 0. The van der Waals surface area contributed by atoms with Gasteiger partial charge in [-0.15, -0.1) is 0 Å². The molecule has 1 heteroatoms. The van der Waals surface area contributed by atoms with Crippen molar-refractivity contribution in [2.24, 2.45) is 0 Å². The molecule has 0 aromatic heterocycles. The van der Waals surface area contributed by atoms with Crippen LogP contribution < -0.4 is 4.90 Å². The van der Waals surface area contributed by atoms with Gasteiger partial charge in [0.1, 0.15) is 0 Å². The molecule has 0 radical (unpaired) electrons. The van der Waals surface area contributed by atoms with E-state index in [0.29, 0.717) is 0 Å². The van der Waals surface area contributed by atoms with Gasteiger partial charge in [0, 0.05) is 18.4 Å². The predicted octanol–water partition coefficient (Wildman–Crippen LogP) is 5.17. The Morgan fingerprint density at radius 2 is 1.50 bits per heavy atom. The van der Waals surface area contributed by atoms with Gasteiger partial charge in [-0.05, 0) is 41.0 Å². The molecule has 0 fully saturated rings. The lowest BCUT2D eigenvalue weighted by atomic mass is 10.1. The van der Waals surface area contributed by atoms with Gasteiger partial charge in [-0.25, -0.2) is 0 Å². The standard InChI is InChI=1S/C19H19N/c1-3-15-8-6-7-11-19(15)20(2)18-13-12-16-9-4-5-10-17(16)14-18/h4-14H,3H2,1-2H3. The summed E-state index contributed by atoms with van der Waals surface area (Å²) in [5.74, 6) is 0. The summed E-state index contributed by atoms with van der Waals surface area (Å²) in [6.45, 7) is 2.20. The Labute approximate surface area is 120 Å². The maximum absolute atomic E-state index is 2.27. The molecule has 0 atom stereocenters. The Bertz CT molecular complexity index is 730. The Balaban J connectivity index is 2.05. The van der Waals surface area contributed by atoms with Crippen LogP contribution in [0.2, 0.25) is 0 Å². The maximum Gasteiger partial charge on any atom is 0.0440 e. The van der Waals surface area contributed by atoms with Crippen LogP contribution >= 0.6 is 0 Å². The minimum absolute atomic E-state index is 1.05. The lowest BCUT2D eigenvalue weighted by Crippen LogP contribution is -2.11. The van der Waals surface area contributed by atoms with E-state index in [1.54, 1.807) is 0 Å². The highest BCUT2D eigenvalue weighted by atomic mass is 15.1. The monoisotopic (exact) mass is 261 g/mol. The molecule has 0 N–H and O–H groups in total. The predicted molar refractivity (Wildman–Crippen MR) is 87.8 cm³/mol. The van der Waals surface area contributed by atoms with E-state index < -0.39 is 0 Å². The number of benzene rings is 3. The zero-order chi connectivity index (χ0) is 13.9. The van der Waals surface area contributed by atoms with Crippen LogP contribution in [0.1, 0.15) is 12.5 Å². The third kappa shape index (κ3) is 2.27. The average Bonchev–Trinajstić information content (AvgIpc) is 2.53. The first-order chi connectivity index (χ1) is 9.79. The second kappa shape index (κ2) is 5.38. The average molecular weight is 261 g/mol. The molecule has 3 aromatic carbocycles. The van der Waals surface area contributed by atoms with Crippen LogP contribution in [-0.4, -0.2) is 7.05 Å². The highest BCUT2D eigenvalue weighted by molar-refractivity contribution is 5.87. The minimum Gasteiger partial charge on any atom is -0.344 e. The summed E-state index contributed by atoms with van der Waals surface area (Å²) in [6.07, 6.45) is 1.05. The third-order valence-corrected chi connectivity index (χ3v) is 3.85. The summed E-state index contributed by atoms with van der Waals surface area (Å²) in [5, 5.41) is 2.57. The van der Waals surface area contributed by atoms with Crippen molar-refractivity contribution in [1.29, 1.82) is 0 Å². The van der Waals surface area contributed by atoms with Gasteiger partial charge in [0.15, 0.2) is 0 Å². The number of para-hydroxylation sites is 1. The smallest absolute Gasteiger partial charge is 0.0440 e. The van der Waals surface area contributed by atoms with E-state index in [4.69, 9.17) is 0 Å². The molecule has 0 aliphatic heterocycles. The maximum atomic E-state index is 2.27. The van der Waals surface area contributed by atoms with Crippen molar-refractivity contribution in [2.75, 3.05) is 11.9 Å². The van der Waals surface area contributed by atoms with Crippen LogP contribution in [0.25, 0.3) is 10.8 Å². The second-order valence-electron chi connectivity index (χ2n) is 5.07. The van der Waals surface area contributed by atoms with Gasteiger partial charge >= 0.3 is 0 Å². The van der Waals surface area contributed by atoms with Crippen LogP contribution in [-0.2, 0) is 6.42 Å². The first kappa shape index (κ1) is 12.7. The molecule has 0 aliphatic rings. The Morgan fingerprint density at radius 3 is 2.30 bits per heavy atom. The van der Waals surface area contributed by atoms with E-state index in [-0.39, 0.29) is 0 Å². The van der Waals surface area contributed by atoms with Crippen LogP contribution in [0.4, 0.5) is 11.4 Å². The fraction of sp³-hybridized carbons (Fsp3) is 0.158. The van der Waals surface area contributed by atoms with Crippen molar-refractivity contribution in [3.8, 4) is 0 Å². The number of fused-ring (bicyclic) bond motifs is 1. The molecular formula is C19H19N. The number of hydrogen-bond acceptors (Lipinski definition) is 1. The topological polar surface area (TPSA) is 3.24 Å². The summed E-state index contributed by atoms with van der Waals surface area (Å²) in [7, 11) is 2.14. The van der Waals surface area contributed by atoms with Crippen molar-refractivity contribution >= 4 is 22.1 Å². The molecule has 100 valence electrons. The van der Waals surface area contributed by atoms with Gasteiger partial charge in [-0.1, -0.05) is 55.5 Å². The quantitative estimate of drug-likeness (QED) is 0.628. The fourth-order valence-corrected chi connectivity index (χ4v) is 2.66. The molecule has 0 unspecified atom stereocenters. The van der Waals surface area contributed by atoms with Crippen molar-refractivity contribution < 1.29 is 0 Å². The van der Waals surface area contributed by atoms with E-state index in [1.807, 2.05) is 0 Å². The number of aryl methyl sites for hydroxylation is 1. The molecule has 0 spiro atoms. The summed E-state index contributed by atoms with van der Waals surface area (Å²) in [4.78, 5) is 2.27. The highest BCUT2D eigenvalue weighted by Gasteiger charge is 2.08. The van der Waals surface area contributed by atoms with Gasteiger partial charge in [0.05, 0.1) is 0 Å². The van der Waals surface area contributed by atoms with Crippen molar-refractivity contribution in [3.63, 3.8) is 0 Å². The normalized spacial score (nSPS) is 10.7. The Morgan fingerprint density at radius 1 is 0.800 bits per heavy atom. The lowest BCUT2D eigenvalue weighted by Gasteiger charge is -2.22. The first-order valence-electron chi connectivity index (χ1n) is 7.10. The molecule has 3 aromatic rings. The van der Waals surface area contributed by atoms with E-state index in [9.17, 15) is 0 Å². The summed E-state index contributed by atoms with van der Waals surface area (Å²) in [6, 6.07) is 23.7. The van der Waals surface area contributed by atoms with Crippen LogP contribution in [0.5, 0.6) is 0 Å². The molecular weight excluding hydrogens is 242 g/mol. The van der Waals surface area contributed by atoms with E-state index >= 15 is 0 Å². The third-order valence-electron chi connectivity index (χ3n) is 3.85. The molecule has 0 aliphatic carbocycles. The van der Waals surface area contributed by atoms with Crippen LogP contribution in [0.15, 0.2) is 66.7 Å². The zero-order valence-electron chi connectivity index (χ0n) is 12.0. The fourth-order valence-electron chi connectivity index (χ4n) is 2.66. The van der Waals surface area contributed by atoms with Crippen molar-refractivity contribution in [3.05, 3.63) is 72.3 Å². The second-order valence-corrected chi connectivity index (χ2v) is 5.07. The minimum atomic E-state index is 1.05. The summed E-state index contributed by atoms with van der Waals surface area (Å²) < 4.78 is 0. The number of nitrogens with zero attached hydrogens (tertiary/aromatic N) is 1. The van der Waals surface area contributed by atoms with Crippen LogP contribution in [0, 0.1) is 0 Å².